The van der Waals surface area contributed by atoms with E-state index in [1.54, 1.807) is 32.0 Å². The molecular weight excluding hydrogens is 458 g/mol. The average Bonchev–Trinajstić information content (AvgIpc) is 2.81. The number of hydrogen-bond acceptors (Lipinski definition) is 7. The number of nitrogens with two attached hydrogens (primary N) is 1. The lowest BCUT2D eigenvalue weighted by molar-refractivity contribution is -0.122. The fraction of sp³-hybridized carbons (Fsp3) is 0.250. The second-order valence-electron chi connectivity index (χ2n) is 7.85. The molecule has 184 valence electrons. The Kier molecular flexibility index (Phi) is 7.28. The fourth-order valence-corrected chi connectivity index (χ4v) is 3.55. The second-order valence-corrected chi connectivity index (χ2v) is 7.85. The molecule has 0 aliphatic carbocycles. The Morgan fingerprint density at radius 2 is 1.71 bits per heavy atom. The van der Waals surface area contributed by atoms with Gasteiger partial charge in [-0.1, -0.05) is 0 Å². The topological polar surface area (TPSA) is 170 Å². The zero-order valence-corrected chi connectivity index (χ0v) is 19.3. The lowest BCUT2D eigenvalue weighted by Crippen LogP contribution is -2.34. The van der Waals surface area contributed by atoms with E-state index in [0.29, 0.717) is 16.6 Å². The van der Waals surface area contributed by atoms with Crippen LogP contribution in [0, 0.1) is 0 Å². The molecule has 2 atom stereocenters. The van der Waals surface area contributed by atoms with Crippen LogP contribution in [-0.2, 0) is 4.79 Å². The number of nitrogens with one attached hydrogen (secondary N) is 1. The number of carboxylic acids is 2. The van der Waals surface area contributed by atoms with Gasteiger partial charge in [0, 0.05) is 18.1 Å². The van der Waals surface area contributed by atoms with Crippen LogP contribution >= 0.6 is 0 Å². The van der Waals surface area contributed by atoms with Gasteiger partial charge >= 0.3 is 11.9 Å². The van der Waals surface area contributed by atoms with E-state index in [2.05, 4.69) is 5.32 Å². The summed E-state index contributed by atoms with van der Waals surface area (Å²) < 4.78 is 12.8. The molecule has 0 fully saturated rings. The van der Waals surface area contributed by atoms with E-state index >= 15 is 0 Å². The van der Waals surface area contributed by atoms with Crippen molar-refractivity contribution in [2.45, 2.75) is 26.0 Å². The molecule has 1 aromatic heterocycles. The molecule has 2 unspecified atom stereocenters. The number of benzene rings is 2. The van der Waals surface area contributed by atoms with E-state index < -0.39 is 41.1 Å². The summed E-state index contributed by atoms with van der Waals surface area (Å²) in [7, 11) is 1.45. The standard InChI is InChI=1S/C24H25N3O8/c1-12(13(2)35-16-5-6-17(23(30)31)18(10-16)24(32)33)27-19-7-4-15(25)8-14(19)9-20(22(27)29)34-11-21(28)26-3/h4-10,12-13H,11,25H2,1-3H3,(H,26,28)(H,30,31)(H,32,33). The van der Waals surface area contributed by atoms with Crippen LogP contribution < -0.4 is 26.1 Å². The summed E-state index contributed by atoms with van der Waals surface area (Å²) in [5.74, 6) is -3.12. The normalized spacial score (nSPS) is 12.5. The van der Waals surface area contributed by atoms with Crippen molar-refractivity contribution in [3.8, 4) is 11.5 Å². The minimum atomic E-state index is -1.41. The van der Waals surface area contributed by atoms with E-state index in [-0.39, 0.29) is 23.7 Å². The number of aromatic carboxylic acids is 2. The maximum Gasteiger partial charge on any atom is 0.336 e. The van der Waals surface area contributed by atoms with E-state index in [9.17, 15) is 29.4 Å². The van der Waals surface area contributed by atoms with Crippen molar-refractivity contribution in [2.24, 2.45) is 0 Å². The first-order chi connectivity index (χ1) is 16.5. The first kappa shape index (κ1) is 25.1. The molecule has 35 heavy (non-hydrogen) atoms. The molecule has 0 bridgehead atoms. The van der Waals surface area contributed by atoms with Crippen LogP contribution in [0.5, 0.6) is 11.5 Å². The molecular formula is C24H25N3O8. The number of nitrogen functional groups attached to an aromatic ring is 1. The van der Waals surface area contributed by atoms with Crippen LogP contribution in [0.25, 0.3) is 10.9 Å². The molecule has 3 aromatic rings. The third-order valence-corrected chi connectivity index (χ3v) is 5.53. The van der Waals surface area contributed by atoms with Gasteiger partial charge in [-0.3, -0.25) is 14.2 Å². The summed E-state index contributed by atoms with van der Waals surface area (Å²) >= 11 is 0. The van der Waals surface area contributed by atoms with Gasteiger partial charge in [-0.15, -0.1) is 0 Å². The summed E-state index contributed by atoms with van der Waals surface area (Å²) in [5, 5.41) is 21.6. The first-order valence-corrected chi connectivity index (χ1v) is 10.6. The van der Waals surface area contributed by atoms with Gasteiger partial charge in [0.05, 0.1) is 22.7 Å². The van der Waals surface area contributed by atoms with Crippen molar-refractivity contribution in [1.82, 2.24) is 9.88 Å². The molecule has 11 nitrogen and oxygen atoms in total. The number of rotatable bonds is 9. The largest absolute Gasteiger partial charge is 0.489 e. The predicted octanol–water partition coefficient (Wildman–Crippen LogP) is 2.13. The van der Waals surface area contributed by atoms with Crippen molar-refractivity contribution in [3.05, 3.63) is 63.9 Å². The molecule has 2 aromatic carbocycles. The van der Waals surface area contributed by atoms with Gasteiger partial charge in [0.1, 0.15) is 11.9 Å². The quantitative estimate of drug-likeness (QED) is 0.333. The highest BCUT2D eigenvalue weighted by molar-refractivity contribution is 6.02. The van der Waals surface area contributed by atoms with Gasteiger partial charge in [-0.05, 0) is 56.3 Å². The third kappa shape index (κ3) is 5.35. The van der Waals surface area contributed by atoms with Gasteiger partial charge in [-0.25, -0.2) is 9.59 Å². The number of likely N-dealkylation sites (N-methyl/N-ethyl adjacent to an activating group) is 1. The summed E-state index contributed by atoms with van der Waals surface area (Å²) in [6, 6.07) is 9.53. The van der Waals surface area contributed by atoms with Gasteiger partial charge < -0.3 is 30.7 Å². The van der Waals surface area contributed by atoms with Gasteiger partial charge in [0.25, 0.3) is 11.5 Å². The van der Waals surface area contributed by atoms with Crippen LogP contribution in [0.3, 0.4) is 0 Å². The predicted molar refractivity (Wildman–Crippen MR) is 127 cm³/mol. The number of carbonyl (C=O) groups is 3. The molecule has 1 amide bonds. The van der Waals surface area contributed by atoms with Crippen molar-refractivity contribution in [3.63, 3.8) is 0 Å². The Morgan fingerprint density at radius 1 is 1.03 bits per heavy atom. The number of hydrogen-bond donors (Lipinski definition) is 4. The Morgan fingerprint density at radius 3 is 2.34 bits per heavy atom. The third-order valence-electron chi connectivity index (χ3n) is 5.53. The monoisotopic (exact) mass is 483 g/mol. The molecule has 0 radical (unpaired) electrons. The molecule has 0 saturated carbocycles. The molecule has 0 aliphatic heterocycles. The zero-order chi connectivity index (χ0) is 25.9. The second kappa shape index (κ2) is 10.2. The van der Waals surface area contributed by atoms with Crippen LogP contribution in [0.4, 0.5) is 5.69 Å². The molecule has 3 rings (SSSR count). The van der Waals surface area contributed by atoms with Crippen LogP contribution in [-0.4, -0.2) is 52.4 Å². The highest BCUT2D eigenvalue weighted by Gasteiger charge is 2.23. The fourth-order valence-electron chi connectivity index (χ4n) is 3.55. The van der Waals surface area contributed by atoms with Crippen molar-refractivity contribution in [2.75, 3.05) is 19.4 Å². The Labute approximate surface area is 199 Å². The van der Waals surface area contributed by atoms with Gasteiger partial charge in [-0.2, -0.15) is 0 Å². The van der Waals surface area contributed by atoms with Crippen LogP contribution in [0.1, 0.15) is 40.6 Å². The molecule has 1 heterocycles. The number of fused-ring (bicyclic) bond motifs is 1. The van der Waals surface area contributed by atoms with E-state index in [4.69, 9.17) is 15.2 Å². The number of anilines is 1. The molecule has 0 aliphatic rings. The van der Waals surface area contributed by atoms with E-state index in [1.807, 2.05) is 0 Å². The van der Waals surface area contributed by atoms with Crippen molar-refractivity contribution >= 4 is 34.4 Å². The van der Waals surface area contributed by atoms with Gasteiger partial charge in [0.15, 0.2) is 12.4 Å². The van der Waals surface area contributed by atoms with Crippen molar-refractivity contribution < 1.29 is 34.1 Å². The number of carbonyl (C=O) groups excluding carboxylic acids is 1. The number of pyridine rings is 1. The summed E-state index contributed by atoms with van der Waals surface area (Å²) in [4.78, 5) is 47.7. The number of amides is 1. The molecule has 0 spiro atoms. The van der Waals surface area contributed by atoms with Crippen LogP contribution in [0.15, 0.2) is 47.3 Å². The zero-order valence-electron chi connectivity index (χ0n) is 19.3. The van der Waals surface area contributed by atoms with E-state index in [0.717, 1.165) is 12.1 Å². The smallest absolute Gasteiger partial charge is 0.336 e. The highest BCUT2D eigenvalue weighted by atomic mass is 16.5. The Hall–Kier alpha value is -4.54. The van der Waals surface area contributed by atoms with Gasteiger partial charge in [0.2, 0.25) is 0 Å². The van der Waals surface area contributed by atoms with E-state index in [1.165, 1.54) is 23.7 Å². The maximum absolute atomic E-state index is 13.3. The molecule has 0 saturated heterocycles. The first-order valence-electron chi connectivity index (χ1n) is 10.6. The summed E-state index contributed by atoms with van der Waals surface area (Å²) in [5.41, 5.74) is 5.64. The Balaban J connectivity index is 2.01. The van der Waals surface area contributed by atoms with Crippen molar-refractivity contribution in [1.29, 1.82) is 0 Å². The Bertz CT molecular complexity index is 1360. The average molecular weight is 483 g/mol. The minimum absolute atomic E-state index is 0.0512. The molecule has 5 N–H and O–H groups in total. The molecule has 11 heteroatoms. The number of ether oxygens (including phenoxy) is 2. The number of nitrogens with zero attached hydrogens (tertiary/aromatic N) is 1. The maximum atomic E-state index is 13.3. The SMILES string of the molecule is CNC(=O)COc1cc2cc(N)ccc2n(C(C)C(C)Oc2ccc(C(=O)O)c(C(=O)O)c2)c1=O. The lowest BCUT2D eigenvalue weighted by Gasteiger charge is -2.26. The minimum Gasteiger partial charge on any atom is -0.489 e. The summed E-state index contributed by atoms with van der Waals surface area (Å²) in [6.45, 7) is 3.06. The number of aromatic nitrogens is 1. The summed E-state index contributed by atoms with van der Waals surface area (Å²) in [6.07, 6.45) is -0.667. The number of carboxylic acid groups (broad SMARTS) is 2. The lowest BCUT2D eigenvalue weighted by atomic mass is 10.1. The van der Waals surface area contributed by atoms with Crippen LogP contribution in [0.2, 0.25) is 0 Å². The highest BCUT2D eigenvalue weighted by Crippen LogP contribution is 2.27.